The van der Waals surface area contributed by atoms with Crippen LogP contribution in [0.4, 0.5) is 5.13 Å². The van der Waals surface area contributed by atoms with Gasteiger partial charge in [0.1, 0.15) is 5.69 Å². The summed E-state index contributed by atoms with van der Waals surface area (Å²) in [7, 11) is 0. The Morgan fingerprint density at radius 3 is 3.00 bits per heavy atom. The Balaban J connectivity index is 2.06. The van der Waals surface area contributed by atoms with Crippen LogP contribution in [0, 0.1) is 0 Å². The van der Waals surface area contributed by atoms with Gasteiger partial charge in [0.25, 0.3) is 5.91 Å². The van der Waals surface area contributed by atoms with Gasteiger partial charge in [-0.25, -0.2) is 4.98 Å². The third-order valence-corrected chi connectivity index (χ3v) is 3.34. The van der Waals surface area contributed by atoms with Crippen molar-refractivity contribution >= 4 is 22.4 Å². The highest BCUT2D eigenvalue weighted by Crippen LogP contribution is 2.24. The fourth-order valence-electron chi connectivity index (χ4n) is 1.67. The van der Waals surface area contributed by atoms with E-state index in [2.05, 4.69) is 15.2 Å². The molecule has 0 unspecified atom stereocenters. The highest BCUT2D eigenvalue weighted by atomic mass is 32.1. The van der Waals surface area contributed by atoms with Crippen molar-refractivity contribution in [2.75, 3.05) is 24.5 Å². The summed E-state index contributed by atoms with van der Waals surface area (Å²) in [5.41, 5.74) is 0.545. The fraction of sp³-hybridized carbons (Fsp3) is 0.600. The maximum atomic E-state index is 11.5. The number of anilines is 1. The van der Waals surface area contributed by atoms with Crippen LogP contribution in [-0.4, -0.2) is 30.5 Å². The van der Waals surface area contributed by atoms with Crippen LogP contribution in [-0.2, 0) is 0 Å². The van der Waals surface area contributed by atoms with Crippen LogP contribution in [0.1, 0.15) is 30.3 Å². The number of rotatable bonds is 3. The highest BCUT2D eigenvalue weighted by molar-refractivity contribution is 7.13. The van der Waals surface area contributed by atoms with Crippen molar-refractivity contribution in [2.45, 2.75) is 19.8 Å². The molecule has 0 spiro atoms. The first-order valence-corrected chi connectivity index (χ1v) is 6.18. The van der Waals surface area contributed by atoms with Crippen LogP contribution in [0.3, 0.4) is 0 Å². The summed E-state index contributed by atoms with van der Waals surface area (Å²) in [6.45, 7) is 4.70. The summed E-state index contributed by atoms with van der Waals surface area (Å²) >= 11 is 1.55. The number of nitrogens with one attached hydrogen (secondary N) is 1. The van der Waals surface area contributed by atoms with Gasteiger partial charge >= 0.3 is 0 Å². The molecule has 0 bridgehead atoms. The van der Waals surface area contributed by atoms with E-state index < -0.39 is 0 Å². The second-order valence-corrected chi connectivity index (χ2v) is 4.41. The average Bonchev–Trinajstić information content (AvgIpc) is 2.89. The number of carbonyl (C=O) groups is 1. The molecule has 1 amide bonds. The summed E-state index contributed by atoms with van der Waals surface area (Å²) < 4.78 is 0. The SMILES string of the molecule is CCNC(=O)c1csc(N2CCCC2)n1. The van der Waals surface area contributed by atoms with Crippen LogP contribution < -0.4 is 10.2 Å². The van der Waals surface area contributed by atoms with Crippen LogP contribution >= 0.6 is 11.3 Å². The third-order valence-electron chi connectivity index (χ3n) is 2.44. The van der Waals surface area contributed by atoms with Crippen molar-refractivity contribution in [1.82, 2.24) is 10.3 Å². The Labute approximate surface area is 93.3 Å². The van der Waals surface area contributed by atoms with Gasteiger partial charge in [0.2, 0.25) is 0 Å². The van der Waals surface area contributed by atoms with E-state index in [1.54, 1.807) is 11.3 Å². The van der Waals surface area contributed by atoms with Crippen molar-refractivity contribution in [3.05, 3.63) is 11.1 Å². The lowest BCUT2D eigenvalue weighted by atomic mass is 10.4. The number of thiazole rings is 1. The predicted molar refractivity (Wildman–Crippen MR) is 61.6 cm³/mol. The number of hydrogen-bond donors (Lipinski definition) is 1. The van der Waals surface area contributed by atoms with E-state index in [0.717, 1.165) is 18.2 Å². The molecule has 82 valence electrons. The molecule has 0 aromatic carbocycles. The summed E-state index contributed by atoms with van der Waals surface area (Å²) in [5, 5.41) is 5.56. The molecule has 1 aromatic rings. The van der Waals surface area contributed by atoms with Crippen LogP contribution in [0.5, 0.6) is 0 Å². The lowest BCUT2D eigenvalue weighted by Crippen LogP contribution is -2.23. The van der Waals surface area contributed by atoms with E-state index in [0.29, 0.717) is 12.2 Å². The molecule has 1 aliphatic heterocycles. The van der Waals surface area contributed by atoms with Crippen LogP contribution in [0.15, 0.2) is 5.38 Å². The van der Waals surface area contributed by atoms with Crippen LogP contribution in [0.2, 0.25) is 0 Å². The minimum Gasteiger partial charge on any atom is -0.351 e. The molecule has 1 aromatic heterocycles. The topological polar surface area (TPSA) is 45.2 Å². The van der Waals surface area contributed by atoms with E-state index in [9.17, 15) is 4.79 Å². The molecule has 0 aliphatic carbocycles. The second kappa shape index (κ2) is 4.61. The molecule has 4 nitrogen and oxygen atoms in total. The monoisotopic (exact) mass is 225 g/mol. The first-order chi connectivity index (χ1) is 7.31. The Morgan fingerprint density at radius 2 is 2.33 bits per heavy atom. The van der Waals surface area contributed by atoms with Gasteiger partial charge in [-0.05, 0) is 19.8 Å². The zero-order chi connectivity index (χ0) is 10.7. The average molecular weight is 225 g/mol. The first-order valence-electron chi connectivity index (χ1n) is 5.30. The number of aromatic nitrogens is 1. The molecule has 0 atom stereocenters. The van der Waals surface area contributed by atoms with Gasteiger partial charge in [-0.3, -0.25) is 4.79 Å². The van der Waals surface area contributed by atoms with Crippen molar-refractivity contribution in [1.29, 1.82) is 0 Å². The third kappa shape index (κ3) is 2.28. The maximum absolute atomic E-state index is 11.5. The minimum atomic E-state index is -0.0702. The highest BCUT2D eigenvalue weighted by Gasteiger charge is 2.17. The Kier molecular flexibility index (Phi) is 3.20. The predicted octanol–water partition coefficient (Wildman–Crippen LogP) is 1.49. The summed E-state index contributed by atoms with van der Waals surface area (Å²) in [6, 6.07) is 0. The van der Waals surface area contributed by atoms with Crippen LogP contribution in [0.25, 0.3) is 0 Å². The fourth-order valence-corrected chi connectivity index (χ4v) is 2.53. The number of hydrogen-bond acceptors (Lipinski definition) is 4. The van der Waals surface area contributed by atoms with E-state index >= 15 is 0 Å². The summed E-state index contributed by atoms with van der Waals surface area (Å²) in [4.78, 5) is 18.1. The standard InChI is InChI=1S/C10H15N3OS/c1-2-11-9(14)8-7-15-10(12-8)13-5-3-4-6-13/h7H,2-6H2,1H3,(H,11,14). The van der Waals surface area contributed by atoms with Gasteiger partial charge < -0.3 is 10.2 Å². The summed E-state index contributed by atoms with van der Waals surface area (Å²) in [6.07, 6.45) is 2.46. The molecular weight excluding hydrogens is 210 g/mol. The lowest BCUT2D eigenvalue weighted by Gasteiger charge is -2.12. The molecular formula is C10H15N3OS. The van der Waals surface area contributed by atoms with Gasteiger partial charge in [0.15, 0.2) is 5.13 Å². The molecule has 1 aliphatic rings. The van der Waals surface area contributed by atoms with Gasteiger partial charge in [-0.15, -0.1) is 11.3 Å². The normalized spacial score (nSPS) is 15.7. The van der Waals surface area contributed by atoms with Crippen molar-refractivity contribution in [2.24, 2.45) is 0 Å². The van der Waals surface area contributed by atoms with Gasteiger partial charge in [-0.2, -0.15) is 0 Å². The Hall–Kier alpha value is -1.10. The molecule has 1 fully saturated rings. The molecule has 15 heavy (non-hydrogen) atoms. The first kappa shape index (κ1) is 10.4. The van der Waals surface area contributed by atoms with E-state index in [4.69, 9.17) is 0 Å². The van der Waals surface area contributed by atoms with Gasteiger partial charge in [-0.1, -0.05) is 0 Å². The molecule has 0 saturated carbocycles. The van der Waals surface area contributed by atoms with Crippen molar-refractivity contribution in [3.63, 3.8) is 0 Å². The quantitative estimate of drug-likeness (QED) is 0.847. The molecule has 1 N–H and O–H groups in total. The number of nitrogens with zero attached hydrogens (tertiary/aromatic N) is 2. The Bertz CT molecular complexity index is 344. The molecule has 5 heteroatoms. The number of amides is 1. The van der Waals surface area contributed by atoms with E-state index in [1.165, 1.54) is 12.8 Å². The zero-order valence-corrected chi connectivity index (χ0v) is 9.64. The molecule has 2 heterocycles. The minimum absolute atomic E-state index is 0.0702. The maximum Gasteiger partial charge on any atom is 0.270 e. The van der Waals surface area contributed by atoms with E-state index in [-0.39, 0.29) is 5.91 Å². The van der Waals surface area contributed by atoms with Crippen molar-refractivity contribution in [3.8, 4) is 0 Å². The lowest BCUT2D eigenvalue weighted by molar-refractivity contribution is 0.0951. The summed E-state index contributed by atoms with van der Waals surface area (Å²) in [5.74, 6) is -0.0702. The van der Waals surface area contributed by atoms with Gasteiger partial charge in [0, 0.05) is 25.0 Å². The molecule has 0 radical (unpaired) electrons. The molecule has 1 saturated heterocycles. The number of carbonyl (C=O) groups excluding carboxylic acids is 1. The largest absolute Gasteiger partial charge is 0.351 e. The Morgan fingerprint density at radius 1 is 1.60 bits per heavy atom. The smallest absolute Gasteiger partial charge is 0.270 e. The second-order valence-electron chi connectivity index (χ2n) is 3.57. The zero-order valence-electron chi connectivity index (χ0n) is 8.82. The van der Waals surface area contributed by atoms with Gasteiger partial charge in [0.05, 0.1) is 0 Å². The molecule has 2 rings (SSSR count). The van der Waals surface area contributed by atoms with E-state index in [1.807, 2.05) is 12.3 Å². The van der Waals surface area contributed by atoms with Crippen molar-refractivity contribution < 1.29 is 4.79 Å².